The lowest BCUT2D eigenvalue weighted by Crippen LogP contribution is -2.42. The molecule has 0 bridgehead atoms. The fourth-order valence-electron chi connectivity index (χ4n) is 2.22. The highest BCUT2D eigenvalue weighted by molar-refractivity contribution is 9.12. The van der Waals surface area contributed by atoms with E-state index in [1.807, 2.05) is 0 Å². The molecule has 2 rings (SSSR count). The van der Waals surface area contributed by atoms with Crippen LogP contribution in [0.5, 0.6) is 0 Å². The number of rotatable bonds is 6. The van der Waals surface area contributed by atoms with E-state index in [4.69, 9.17) is 5.11 Å². The van der Waals surface area contributed by atoms with Crippen molar-refractivity contribution in [1.29, 1.82) is 0 Å². The van der Waals surface area contributed by atoms with E-state index in [2.05, 4.69) is 37.2 Å². The van der Waals surface area contributed by atoms with Crippen LogP contribution in [-0.2, 0) is 10.0 Å². The van der Waals surface area contributed by atoms with Crippen LogP contribution in [0.4, 0.5) is 0 Å². The summed E-state index contributed by atoms with van der Waals surface area (Å²) < 4.78 is 28.1. The summed E-state index contributed by atoms with van der Waals surface area (Å²) in [7, 11) is -3.59. The molecule has 0 aromatic carbocycles. The summed E-state index contributed by atoms with van der Waals surface area (Å²) in [5.41, 5.74) is 0. The third-order valence-electron chi connectivity index (χ3n) is 3.18. The van der Waals surface area contributed by atoms with E-state index in [1.54, 1.807) is 6.07 Å². The van der Waals surface area contributed by atoms with E-state index < -0.39 is 10.0 Å². The summed E-state index contributed by atoms with van der Waals surface area (Å²) in [6, 6.07) is 1.76. The molecule has 0 spiro atoms. The normalized spacial score (nSPS) is 19.9. The van der Waals surface area contributed by atoms with Gasteiger partial charge in [0.25, 0.3) is 0 Å². The predicted molar refractivity (Wildman–Crippen MR) is 86.6 cm³/mol. The fraction of sp³-hybridized carbons (Fsp3) is 0.636. The zero-order valence-corrected chi connectivity index (χ0v) is 15.5. The van der Waals surface area contributed by atoms with Crippen LogP contribution in [0.1, 0.15) is 12.8 Å². The van der Waals surface area contributed by atoms with Gasteiger partial charge in [-0.2, -0.15) is 4.31 Å². The van der Waals surface area contributed by atoms with E-state index >= 15 is 0 Å². The molecule has 9 heteroatoms. The molecule has 20 heavy (non-hydrogen) atoms. The Hall–Kier alpha value is 0.490. The molecule has 0 radical (unpaired) electrons. The van der Waals surface area contributed by atoms with Gasteiger partial charge in [-0.05, 0) is 57.3 Å². The minimum absolute atomic E-state index is 0.112. The van der Waals surface area contributed by atoms with Gasteiger partial charge in [0.15, 0.2) is 0 Å². The van der Waals surface area contributed by atoms with Gasteiger partial charge in [-0.1, -0.05) is 0 Å². The van der Waals surface area contributed by atoms with Crippen molar-refractivity contribution in [1.82, 2.24) is 9.62 Å². The first-order valence-corrected chi connectivity index (χ1v) is 10.1. The Morgan fingerprint density at radius 1 is 1.50 bits per heavy atom. The second-order valence-electron chi connectivity index (χ2n) is 4.57. The first-order valence-electron chi connectivity index (χ1n) is 6.24. The van der Waals surface area contributed by atoms with Crippen molar-refractivity contribution in [3.63, 3.8) is 0 Å². The maximum absolute atomic E-state index is 12.7. The Kier molecular flexibility index (Phi) is 6.04. The van der Waals surface area contributed by atoms with Crippen LogP contribution in [0, 0.1) is 0 Å². The van der Waals surface area contributed by atoms with E-state index in [0.717, 1.165) is 23.2 Å². The summed E-state index contributed by atoms with van der Waals surface area (Å²) in [6.07, 6.45) is 2.03. The molecule has 5 nitrogen and oxygen atoms in total. The molecule has 0 amide bonds. The van der Waals surface area contributed by atoms with Gasteiger partial charge in [0.2, 0.25) is 10.0 Å². The van der Waals surface area contributed by atoms with Gasteiger partial charge in [0, 0.05) is 19.1 Å². The molecule has 0 saturated carbocycles. The lowest BCUT2D eigenvalue weighted by molar-refractivity contribution is 0.246. The molecule has 1 atom stereocenters. The Bertz CT molecular complexity index is 556. The molecule has 0 aliphatic carbocycles. The third kappa shape index (κ3) is 3.82. The highest BCUT2D eigenvalue weighted by Crippen LogP contribution is 2.36. The van der Waals surface area contributed by atoms with E-state index in [9.17, 15) is 8.42 Å². The lowest BCUT2D eigenvalue weighted by Gasteiger charge is -2.24. The smallest absolute Gasteiger partial charge is 0.245 e. The molecule has 2 N–H and O–H groups in total. The highest BCUT2D eigenvalue weighted by atomic mass is 79.9. The van der Waals surface area contributed by atoms with Crippen LogP contribution in [0.15, 0.2) is 18.5 Å². The van der Waals surface area contributed by atoms with Gasteiger partial charge >= 0.3 is 0 Å². The van der Waals surface area contributed by atoms with Crippen LogP contribution < -0.4 is 5.32 Å². The number of hydrogen-bond donors (Lipinski definition) is 2. The summed E-state index contributed by atoms with van der Waals surface area (Å²) in [5, 5.41) is 12.4. The molecule has 114 valence electrons. The number of hydrogen-bond acceptors (Lipinski definition) is 5. The Balaban J connectivity index is 2.24. The molecule has 1 aliphatic heterocycles. The number of nitrogens with zero attached hydrogens (tertiary/aromatic N) is 1. The Labute approximate surface area is 139 Å². The minimum atomic E-state index is -3.59. The van der Waals surface area contributed by atoms with E-state index in [0.29, 0.717) is 10.3 Å². The van der Waals surface area contributed by atoms with Crippen molar-refractivity contribution in [2.24, 2.45) is 0 Å². The molecule has 2 heterocycles. The third-order valence-corrected chi connectivity index (χ3v) is 7.80. The number of aliphatic hydroxyl groups is 1. The molecule has 1 fully saturated rings. The van der Waals surface area contributed by atoms with Crippen LogP contribution in [0.25, 0.3) is 0 Å². The summed E-state index contributed by atoms with van der Waals surface area (Å²) >= 11 is 7.91. The van der Waals surface area contributed by atoms with Crippen LogP contribution in [0.2, 0.25) is 0 Å². The van der Waals surface area contributed by atoms with Crippen LogP contribution in [-0.4, -0.2) is 50.1 Å². The van der Waals surface area contributed by atoms with Gasteiger partial charge in [0.05, 0.1) is 14.2 Å². The van der Waals surface area contributed by atoms with Crippen molar-refractivity contribution in [3.8, 4) is 0 Å². The van der Waals surface area contributed by atoms with Crippen LogP contribution >= 0.6 is 43.2 Å². The largest absolute Gasteiger partial charge is 0.395 e. The molecule has 1 aliphatic rings. The molecule has 1 aromatic rings. The van der Waals surface area contributed by atoms with Crippen molar-refractivity contribution in [2.45, 2.75) is 23.8 Å². The van der Waals surface area contributed by atoms with Gasteiger partial charge in [-0.15, -0.1) is 11.3 Å². The number of sulfonamides is 1. The lowest BCUT2D eigenvalue weighted by atomic mass is 10.2. The van der Waals surface area contributed by atoms with Crippen molar-refractivity contribution < 1.29 is 13.5 Å². The maximum Gasteiger partial charge on any atom is 0.245 e. The molecule has 1 saturated heterocycles. The standard InChI is InChI=1S/C11H16Br2N2O3S2/c12-10-6-9(11(13)19-10)20(17,18)15(4-5-16)7-8-2-1-3-14-8/h6,8,14,16H,1-5,7H2. The summed E-state index contributed by atoms with van der Waals surface area (Å²) in [5.74, 6) is 0. The van der Waals surface area contributed by atoms with E-state index in [1.165, 1.54) is 15.6 Å². The average Bonchev–Trinajstić information content (AvgIpc) is 2.98. The average molecular weight is 448 g/mol. The molecular formula is C11H16Br2N2O3S2. The SMILES string of the molecule is O=S(=O)(c1cc(Br)sc1Br)N(CCO)CC1CCCN1. The topological polar surface area (TPSA) is 69.6 Å². The number of nitrogens with one attached hydrogen (secondary N) is 1. The second-order valence-corrected chi connectivity index (χ2v) is 10.2. The summed E-state index contributed by atoms with van der Waals surface area (Å²) in [6.45, 7) is 1.24. The second kappa shape index (κ2) is 7.17. The Morgan fingerprint density at radius 3 is 2.75 bits per heavy atom. The fourth-order valence-corrected chi connectivity index (χ4v) is 7.46. The zero-order valence-electron chi connectivity index (χ0n) is 10.7. The molecule has 1 aromatic heterocycles. The van der Waals surface area contributed by atoms with Gasteiger partial charge in [0.1, 0.15) is 4.90 Å². The summed E-state index contributed by atoms with van der Waals surface area (Å²) in [4.78, 5) is 0.251. The van der Waals surface area contributed by atoms with E-state index in [-0.39, 0.29) is 24.1 Å². The molecular weight excluding hydrogens is 432 g/mol. The monoisotopic (exact) mass is 446 g/mol. The number of aliphatic hydroxyl groups excluding tert-OH is 1. The highest BCUT2D eigenvalue weighted by Gasteiger charge is 2.30. The minimum Gasteiger partial charge on any atom is -0.395 e. The van der Waals surface area contributed by atoms with Gasteiger partial charge in [-0.25, -0.2) is 8.42 Å². The van der Waals surface area contributed by atoms with Gasteiger partial charge < -0.3 is 10.4 Å². The zero-order chi connectivity index (χ0) is 14.8. The quantitative estimate of drug-likeness (QED) is 0.699. The number of thiophene rings is 1. The van der Waals surface area contributed by atoms with Gasteiger partial charge in [-0.3, -0.25) is 0 Å². The number of halogens is 2. The Morgan fingerprint density at radius 2 is 2.25 bits per heavy atom. The molecule has 1 unspecified atom stereocenters. The van der Waals surface area contributed by atoms with Crippen molar-refractivity contribution in [2.75, 3.05) is 26.2 Å². The van der Waals surface area contributed by atoms with Crippen molar-refractivity contribution >= 4 is 53.2 Å². The first-order chi connectivity index (χ1) is 9.45. The van der Waals surface area contributed by atoms with Crippen LogP contribution in [0.3, 0.4) is 0 Å². The maximum atomic E-state index is 12.7. The van der Waals surface area contributed by atoms with Crippen molar-refractivity contribution in [3.05, 3.63) is 13.6 Å². The predicted octanol–water partition coefficient (Wildman–Crippen LogP) is 2.01. The first kappa shape index (κ1) is 16.9.